The van der Waals surface area contributed by atoms with Gasteiger partial charge in [-0.1, -0.05) is 0 Å². The van der Waals surface area contributed by atoms with Crippen molar-refractivity contribution in [2.45, 2.75) is 27.0 Å². The van der Waals surface area contributed by atoms with Crippen LogP contribution in [0.1, 0.15) is 19.4 Å². The van der Waals surface area contributed by atoms with Crippen LogP contribution in [0.2, 0.25) is 0 Å². The van der Waals surface area contributed by atoms with E-state index in [1.54, 1.807) is 18.7 Å². The maximum Gasteiger partial charge on any atom is 0.501 e. The van der Waals surface area contributed by atoms with Crippen molar-refractivity contribution in [3.63, 3.8) is 0 Å². The van der Waals surface area contributed by atoms with E-state index in [2.05, 4.69) is 0 Å². The second-order valence-electron chi connectivity index (χ2n) is 4.25. The first kappa shape index (κ1) is 16.3. The summed E-state index contributed by atoms with van der Waals surface area (Å²) in [4.78, 5) is 1.58. The van der Waals surface area contributed by atoms with E-state index in [1.165, 1.54) is 6.07 Å². The minimum atomic E-state index is -4.18. The van der Waals surface area contributed by atoms with Gasteiger partial charge in [0, 0.05) is 18.2 Å². The Bertz CT molecular complexity index is 614. The minimum absolute atomic E-state index is 0. The molecule has 0 saturated heterocycles. The van der Waals surface area contributed by atoms with Crippen LogP contribution in [-0.4, -0.2) is 31.8 Å². The topological polar surface area (TPSA) is 134 Å². The highest BCUT2D eigenvalue weighted by atomic mass is 32.3. The number of hydrogen-bond donors (Lipinski definition) is 2. The number of rotatable bonds is 3. The molecule has 9 heteroatoms. The van der Waals surface area contributed by atoms with E-state index in [9.17, 15) is 13.5 Å². The first-order valence-corrected chi connectivity index (χ1v) is 7.11. The van der Waals surface area contributed by atoms with Gasteiger partial charge in [-0.05, 0) is 20.8 Å². The highest BCUT2D eigenvalue weighted by Gasteiger charge is 2.31. The number of aliphatic hydroxyl groups excluding tert-OH is 1. The Morgan fingerprint density at radius 1 is 1.45 bits per heavy atom. The lowest BCUT2D eigenvalue weighted by Gasteiger charge is -2.27. The van der Waals surface area contributed by atoms with Crippen LogP contribution in [0, 0.1) is 6.92 Å². The summed E-state index contributed by atoms with van der Waals surface area (Å²) in [6.07, 6.45) is -0.802. The lowest BCUT2D eigenvalue weighted by Crippen LogP contribution is -2.32. The van der Waals surface area contributed by atoms with Crippen molar-refractivity contribution in [1.82, 2.24) is 0 Å². The summed E-state index contributed by atoms with van der Waals surface area (Å²) in [5.41, 5.74) is 6.90. The number of nitrogens with zero attached hydrogens (tertiary/aromatic N) is 1. The van der Waals surface area contributed by atoms with Gasteiger partial charge < -0.3 is 29.6 Å². The third kappa shape index (κ3) is 2.60. The molecule has 2 aliphatic rings. The van der Waals surface area contributed by atoms with Gasteiger partial charge in [-0.15, -0.1) is 8.42 Å². The molecule has 0 fully saturated rings. The molecule has 0 aliphatic carbocycles. The number of benzene rings is 1. The van der Waals surface area contributed by atoms with E-state index in [4.69, 9.17) is 14.1 Å². The summed E-state index contributed by atoms with van der Waals surface area (Å²) in [7, 11) is -4.18. The predicted octanol–water partition coefficient (Wildman–Crippen LogP) is -0.0669. The third-order valence-electron chi connectivity index (χ3n) is 2.99. The molecule has 0 saturated carbocycles. The molecule has 114 valence electrons. The Kier molecular flexibility index (Phi) is 4.37. The molecule has 2 bridgehead atoms. The van der Waals surface area contributed by atoms with Gasteiger partial charge in [-0.25, -0.2) is 0 Å². The van der Waals surface area contributed by atoms with Crippen molar-refractivity contribution in [2.24, 2.45) is 0 Å². The van der Waals surface area contributed by atoms with Gasteiger partial charge >= 0.3 is 10.4 Å². The van der Waals surface area contributed by atoms with Crippen LogP contribution in [-0.2, 0) is 10.4 Å². The van der Waals surface area contributed by atoms with Crippen LogP contribution in [0.15, 0.2) is 6.07 Å². The van der Waals surface area contributed by atoms with Crippen LogP contribution in [0.25, 0.3) is 0 Å². The first-order chi connectivity index (χ1) is 8.76. The van der Waals surface area contributed by atoms with E-state index >= 15 is 0 Å². The summed E-state index contributed by atoms with van der Waals surface area (Å²) >= 11 is 0. The fourth-order valence-electron chi connectivity index (χ4n) is 2.02. The number of anilines is 2. The van der Waals surface area contributed by atoms with Crippen LogP contribution < -0.4 is 19.0 Å². The quantitative estimate of drug-likeness (QED) is 0.589. The van der Waals surface area contributed by atoms with Gasteiger partial charge in [0.25, 0.3) is 0 Å². The lowest BCUT2D eigenvalue weighted by atomic mass is 10.1. The summed E-state index contributed by atoms with van der Waals surface area (Å²) < 4.78 is 32.8. The number of nitrogens with two attached hydrogens (primary N) is 1. The van der Waals surface area contributed by atoms with Gasteiger partial charge in [0.05, 0.1) is 11.4 Å². The van der Waals surface area contributed by atoms with Gasteiger partial charge in [0.1, 0.15) is 6.23 Å². The fourth-order valence-corrected chi connectivity index (χ4v) is 2.83. The van der Waals surface area contributed by atoms with Crippen molar-refractivity contribution in [1.29, 1.82) is 0 Å². The molecule has 8 nitrogen and oxygen atoms in total. The normalized spacial score (nSPS) is 16.4. The molecule has 0 amide bonds. The molecular weight excluding hydrogens is 288 g/mol. The number of aliphatic hydroxyl groups is 1. The van der Waals surface area contributed by atoms with Crippen LogP contribution >= 0.6 is 0 Å². The molecular formula is C11H18N2O6S. The molecule has 1 atom stereocenters. The van der Waals surface area contributed by atoms with Gasteiger partial charge in [-0.2, -0.15) is 0 Å². The molecule has 1 aromatic rings. The summed E-state index contributed by atoms with van der Waals surface area (Å²) in [5, 5.41) is 9.74. The zero-order valence-corrected chi connectivity index (χ0v) is 12.2. The molecule has 1 unspecified atom stereocenters. The Morgan fingerprint density at radius 3 is 2.55 bits per heavy atom. The van der Waals surface area contributed by atoms with Crippen molar-refractivity contribution in [2.75, 3.05) is 17.2 Å². The van der Waals surface area contributed by atoms with Gasteiger partial charge in [-0.3, -0.25) is 0 Å². The lowest BCUT2D eigenvalue weighted by molar-refractivity contribution is 0.189. The van der Waals surface area contributed by atoms with E-state index in [-0.39, 0.29) is 22.7 Å². The van der Waals surface area contributed by atoms with Crippen LogP contribution in [0.5, 0.6) is 11.5 Å². The van der Waals surface area contributed by atoms with Crippen LogP contribution in [0.3, 0.4) is 0 Å². The summed E-state index contributed by atoms with van der Waals surface area (Å²) in [6, 6.07) is 1.46. The van der Waals surface area contributed by atoms with E-state index < -0.39 is 16.6 Å². The second-order valence-corrected chi connectivity index (χ2v) is 5.40. The Hall–Kier alpha value is -1.71. The average molecular weight is 306 g/mol. The fraction of sp³-hybridized carbons (Fsp3) is 0.455. The monoisotopic (exact) mass is 306 g/mol. The zero-order chi connectivity index (χ0) is 14.4. The summed E-state index contributed by atoms with van der Waals surface area (Å²) in [6.45, 7) is 5.51. The van der Waals surface area contributed by atoms with Gasteiger partial charge in [0.2, 0.25) is 0 Å². The number of fused-ring (bicyclic) bond motifs is 4. The molecule has 2 heterocycles. The van der Waals surface area contributed by atoms with E-state index in [1.807, 2.05) is 6.92 Å². The van der Waals surface area contributed by atoms with E-state index in [0.717, 1.165) is 0 Å². The minimum Gasteiger partial charge on any atom is -0.412 e. The molecule has 20 heavy (non-hydrogen) atoms. The second kappa shape index (κ2) is 5.35. The van der Waals surface area contributed by atoms with Crippen molar-refractivity contribution < 1.29 is 27.4 Å². The largest absolute Gasteiger partial charge is 0.501 e. The van der Waals surface area contributed by atoms with Gasteiger partial charge in [0.15, 0.2) is 11.5 Å². The number of nitrogen functional groups attached to an aromatic ring is 1. The molecule has 0 radical (unpaired) electrons. The Balaban J connectivity index is 0.00000200. The SMILES string of the molecule is CCN(c1cc2c(N)c(C)c1OS(=O)(=O)O2)C(C)O.O. The Morgan fingerprint density at radius 2 is 2.05 bits per heavy atom. The summed E-state index contributed by atoms with van der Waals surface area (Å²) in [5.74, 6) is 0.0920. The number of hydrogen-bond acceptors (Lipinski definition) is 7. The van der Waals surface area contributed by atoms with Crippen LogP contribution in [0.4, 0.5) is 11.4 Å². The molecule has 1 aromatic carbocycles. The molecule has 3 rings (SSSR count). The third-order valence-corrected chi connectivity index (χ3v) is 3.74. The average Bonchev–Trinajstić information content (AvgIpc) is 2.48. The highest BCUT2D eigenvalue weighted by Crippen LogP contribution is 2.45. The maximum atomic E-state index is 11.6. The molecule has 5 N–H and O–H groups in total. The van der Waals surface area contributed by atoms with Crippen molar-refractivity contribution in [3.8, 4) is 11.5 Å². The van der Waals surface area contributed by atoms with E-state index in [0.29, 0.717) is 17.8 Å². The molecule has 0 spiro atoms. The standard InChI is InChI=1S/C11H16N2O5S.H2O/c1-4-13(7(3)14)8-5-9-10(12)6(2)11(8)18-19(15,16)17-9;/h5,7,14H,4,12H2,1-3H3;1H2. The highest BCUT2D eigenvalue weighted by molar-refractivity contribution is 7.82. The Labute approximate surface area is 117 Å². The van der Waals surface area contributed by atoms with Crippen molar-refractivity contribution in [3.05, 3.63) is 11.6 Å². The molecule has 0 aromatic heterocycles. The van der Waals surface area contributed by atoms with Crippen molar-refractivity contribution >= 4 is 21.8 Å². The smallest absolute Gasteiger partial charge is 0.412 e. The zero-order valence-electron chi connectivity index (χ0n) is 11.4. The maximum absolute atomic E-state index is 11.6. The predicted molar refractivity (Wildman–Crippen MR) is 74.1 cm³/mol. The molecule has 2 aliphatic heterocycles. The first-order valence-electron chi connectivity index (χ1n) is 5.78.